The highest BCUT2D eigenvalue weighted by Crippen LogP contribution is 2.18. The van der Waals surface area contributed by atoms with Crippen molar-refractivity contribution in [3.05, 3.63) is 65.5 Å². The van der Waals surface area contributed by atoms with Crippen LogP contribution in [0.5, 0.6) is 0 Å². The Bertz CT molecular complexity index is 839. The van der Waals surface area contributed by atoms with E-state index in [9.17, 15) is 4.79 Å². The SMILES string of the molecule is CSCc1nc2ccccc2n1CC(=O)NCc1ccc(C)cc1. The number of para-hydroxylation sites is 2. The molecule has 124 valence electrons. The molecular formula is C19H21N3OS. The standard InChI is InChI=1S/C19H21N3OS/c1-14-7-9-15(10-8-14)11-20-19(23)12-22-17-6-4-3-5-16(17)21-18(22)13-24-2/h3-10H,11-13H2,1-2H3,(H,20,23). The van der Waals surface area contributed by atoms with Gasteiger partial charge in [0.2, 0.25) is 5.91 Å². The Morgan fingerprint density at radius 2 is 1.92 bits per heavy atom. The van der Waals surface area contributed by atoms with Gasteiger partial charge in [-0.15, -0.1) is 0 Å². The van der Waals surface area contributed by atoms with Gasteiger partial charge < -0.3 is 9.88 Å². The predicted molar refractivity (Wildman–Crippen MR) is 100.0 cm³/mol. The van der Waals surface area contributed by atoms with Crippen molar-refractivity contribution in [2.45, 2.75) is 25.8 Å². The Morgan fingerprint density at radius 3 is 2.67 bits per heavy atom. The Balaban J connectivity index is 1.72. The molecule has 0 aliphatic carbocycles. The van der Waals surface area contributed by atoms with Crippen molar-refractivity contribution in [2.75, 3.05) is 6.26 Å². The lowest BCUT2D eigenvalue weighted by atomic mass is 10.1. The maximum absolute atomic E-state index is 12.4. The van der Waals surface area contributed by atoms with Crippen molar-refractivity contribution < 1.29 is 4.79 Å². The lowest BCUT2D eigenvalue weighted by Gasteiger charge is -2.10. The van der Waals surface area contributed by atoms with Gasteiger partial charge in [-0.3, -0.25) is 4.79 Å². The number of imidazole rings is 1. The highest BCUT2D eigenvalue weighted by molar-refractivity contribution is 7.97. The number of fused-ring (bicyclic) bond motifs is 1. The summed E-state index contributed by atoms with van der Waals surface area (Å²) in [5, 5.41) is 3.00. The van der Waals surface area contributed by atoms with Crippen molar-refractivity contribution in [3.63, 3.8) is 0 Å². The van der Waals surface area contributed by atoms with Gasteiger partial charge in [-0.25, -0.2) is 4.98 Å². The zero-order chi connectivity index (χ0) is 16.9. The maximum atomic E-state index is 12.4. The zero-order valence-corrected chi connectivity index (χ0v) is 14.8. The highest BCUT2D eigenvalue weighted by Gasteiger charge is 2.13. The molecule has 4 nitrogen and oxygen atoms in total. The van der Waals surface area contributed by atoms with E-state index in [0.717, 1.165) is 28.2 Å². The Morgan fingerprint density at radius 1 is 1.17 bits per heavy atom. The largest absolute Gasteiger partial charge is 0.350 e. The average molecular weight is 339 g/mol. The summed E-state index contributed by atoms with van der Waals surface area (Å²) in [4.78, 5) is 17.0. The van der Waals surface area contributed by atoms with Crippen molar-refractivity contribution in [2.24, 2.45) is 0 Å². The lowest BCUT2D eigenvalue weighted by molar-refractivity contribution is -0.121. The Kier molecular flexibility index (Phi) is 5.20. The number of benzene rings is 2. The fourth-order valence-corrected chi connectivity index (χ4v) is 3.13. The first-order valence-corrected chi connectivity index (χ1v) is 9.32. The first-order valence-electron chi connectivity index (χ1n) is 7.92. The van der Waals surface area contributed by atoms with Crippen LogP contribution in [0.25, 0.3) is 11.0 Å². The summed E-state index contributed by atoms with van der Waals surface area (Å²) in [6.07, 6.45) is 2.04. The molecule has 0 aliphatic rings. The molecule has 0 radical (unpaired) electrons. The third-order valence-corrected chi connectivity index (χ3v) is 4.47. The lowest BCUT2D eigenvalue weighted by Crippen LogP contribution is -2.27. The Hall–Kier alpha value is -2.27. The molecule has 0 saturated carbocycles. The second-order valence-corrected chi connectivity index (χ2v) is 6.66. The summed E-state index contributed by atoms with van der Waals surface area (Å²) < 4.78 is 2.01. The highest BCUT2D eigenvalue weighted by atomic mass is 32.2. The second kappa shape index (κ2) is 7.53. The molecule has 0 saturated heterocycles. The van der Waals surface area contributed by atoms with Gasteiger partial charge in [0.15, 0.2) is 0 Å². The van der Waals surface area contributed by atoms with Crippen LogP contribution >= 0.6 is 11.8 Å². The molecule has 3 aromatic rings. The van der Waals surface area contributed by atoms with Crippen LogP contribution in [-0.4, -0.2) is 21.7 Å². The zero-order valence-electron chi connectivity index (χ0n) is 14.0. The molecule has 1 amide bonds. The van der Waals surface area contributed by atoms with E-state index in [1.54, 1.807) is 11.8 Å². The molecule has 0 unspecified atom stereocenters. The smallest absolute Gasteiger partial charge is 0.240 e. The number of thioether (sulfide) groups is 1. The van der Waals surface area contributed by atoms with Gasteiger partial charge in [-0.1, -0.05) is 42.0 Å². The molecule has 2 aromatic carbocycles. The third-order valence-electron chi connectivity index (χ3n) is 3.92. The van der Waals surface area contributed by atoms with Crippen LogP contribution in [0, 0.1) is 6.92 Å². The maximum Gasteiger partial charge on any atom is 0.240 e. The van der Waals surface area contributed by atoms with Crippen LogP contribution in [0.3, 0.4) is 0 Å². The normalized spacial score (nSPS) is 10.9. The minimum atomic E-state index is 0.00100. The van der Waals surface area contributed by atoms with E-state index in [1.807, 2.05) is 47.2 Å². The minimum absolute atomic E-state index is 0.00100. The molecule has 0 bridgehead atoms. The van der Waals surface area contributed by atoms with Crippen molar-refractivity contribution in [1.82, 2.24) is 14.9 Å². The number of aromatic nitrogens is 2. The molecule has 1 aromatic heterocycles. The molecule has 3 rings (SSSR count). The van der Waals surface area contributed by atoms with Crippen LogP contribution in [-0.2, 0) is 23.6 Å². The number of hydrogen-bond donors (Lipinski definition) is 1. The molecule has 0 aliphatic heterocycles. The van der Waals surface area contributed by atoms with Crippen molar-refractivity contribution in [3.8, 4) is 0 Å². The van der Waals surface area contributed by atoms with Crippen molar-refractivity contribution >= 4 is 28.7 Å². The van der Waals surface area contributed by atoms with Crippen LogP contribution in [0.15, 0.2) is 48.5 Å². The second-order valence-electron chi connectivity index (χ2n) is 5.80. The summed E-state index contributed by atoms with van der Waals surface area (Å²) in [7, 11) is 0. The van der Waals surface area contributed by atoms with E-state index in [4.69, 9.17) is 0 Å². The summed E-state index contributed by atoms with van der Waals surface area (Å²) >= 11 is 1.71. The number of nitrogens with zero attached hydrogens (tertiary/aromatic N) is 2. The van der Waals surface area contributed by atoms with E-state index in [0.29, 0.717) is 13.1 Å². The number of rotatable bonds is 6. The van der Waals surface area contributed by atoms with E-state index < -0.39 is 0 Å². The van der Waals surface area contributed by atoms with Gasteiger partial charge in [0.05, 0.1) is 16.8 Å². The Labute approximate surface area is 146 Å². The van der Waals surface area contributed by atoms with Crippen LogP contribution < -0.4 is 5.32 Å². The minimum Gasteiger partial charge on any atom is -0.350 e. The number of hydrogen-bond acceptors (Lipinski definition) is 3. The molecule has 1 N–H and O–H groups in total. The number of amides is 1. The van der Waals surface area contributed by atoms with Gasteiger partial charge in [0.1, 0.15) is 12.4 Å². The topological polar surface area (TPSA) is 46.9 Å². The first kappa shape index (κ1) is 16.6. The monoisotopic (exact) mass is 339 g/mol. The quantitative estimate of drug-likeness (QED) is 0.747. The van der Waals surface area contributed by atoms with E-state index in [1.165, 1.54) is 5.56 Å². The van der Waals surface area contributed by atoms with Crippen LogP contribution in [0.1, 0.15) is 17.0 Å². The van der Waals surface area contributed by atoms with E-state index in [2.05, 4.69) is 29.4 Å². The van der Waals surface area contributed by atoms with Gasteiger partial charge in [-0.05, 0) is 30.9 Å². The van der Waals surface area contributed by atoms with Gasteiger partial charge >= 0.3 is 0 Å². The fourth-order valence-electron chi connectivity index (χ4n) is 2.65. The fraction of sp³-hybridized carbons (Fsp3) is 0.263. The summed E-state index contributed by atoms with van der Waals surface area (Å²) in [5.74, 6) is 1.73. The summed E-state index contributed by atoms with van der Waals surface area (Å²) in [6, 6.07) is 16.2. The molecule has 5 heteroatoms. The molecule has 0 spiro atoms. The number of aryl methyl sites for hydroxylation is 1. The first-order chi connectivity index (χ1) is 11.7. The molecular weight excluding hydrogens is 318 g/mol. The number of carbonyl (C=O) groups is 1. The molecule has 0 atom stereocenters. The van der Waals surface area contributed by atoms with E-state index >= 15 is 0 Å². The van der Waals surface area contributed by atoms with Gasteiger partial charge in [0.25, 0.3) is 0 Å². The van der Waals surface area contributed by atoms with Gasteiger partial charge in [0, 0.05) is 6.54 Å². The third kappa shape index (κ3) is 3.79. The molecule has 24 heavy (non-hydrogen) atoms. The van der Waals surface area contributed by atoms with Crippen LogP contribution in [0.4, 0.5) is 0 Å². The van der Waals surface area contributed by atoms with Crippen LogP contribution in [0.2, 0.25) is 0 Å². The predicted octanol–water partition coefficient (Wildman–Crippen LogP) is 3.52. The average Bonchev–Trinajstić information content (AvgIpc) is 2.92. The summed E-state index contributed by atoms with van der Waals surface area (Å²) in [6.45, 7) is 2.89. The molecule has 0 fully saturated rings. The van der Waals surface area contributed by atoms with E-state index in [-0.39, 0.29) is 5.91 Å². The number of nitrogens with one attached hydrogen (secondary N) is 1. The summed E-state index contributed by atoms with van der Waals surface area (Å²) in [5.41, 5.74) is 4.27. The molecule has 1 heterocycles. The van der Waals surface area contributed by atoms with Crippen molar-refractivity contribution in [1.29, 1.82) is 0 Å². The number of carbonyl (C=O) groups excluding carboxylic acids is 1. The van der Waals surface area contributed by atoms with Gasteiger partial charge in [-0.2, -0.15) is 11.8 Å².